The highest BCUT2D eigenvalue weighted by atomic mass is 19.4. The molecule has 0 aliphatic rings. The lowest BCUT2D eigenvalue weighted by molar-refractivity contribution is -0.138. The zero-order valence-corrected chi connectivity index (χ0v) is 23.3. The molecule has 0 aliphatic heterocycles. The zero-order chi connectivity index (χ0) is 30.2. The lowest BCUT2D eigenvalue weighted by atomic mass is 9.80. The summed E-state index contributed by atoms with van der Waals surface area (Å²) < 4.78 is 74.5. The fraction of sp³-hybridized carbons (Fsp3) is 0.419. The van der Waals surface area contributed by atoms with Crippen LogP contribution in [0.3, 0.4) is 0 Å². The van der Waals surface area contributed by atoms with Crippen molar-refractivity contribution in [3.8, 4) is 0 Å². The van der Waals surface area contributed by atoms with Crippen molar-refractivity contribution in [1.29, 1.82) is 0 Å². The first kappa shape index (κ1) is 37.2. The van der Waals surface area contributed by atoms with Crippen LogP contribution in [-0.2, 0) is 17.8 Å². The molecule has 0 atom stereocenters. The first-order valence-corrected chi connectivity index (χ1v) is 12.4. The number of alkyl halides is 6. The Balaban J connectivity index is 0. The van der Waals surface area contributed by atoms with Gasteiger partial charge >= 0.3 is 12.4 Å². The minimum Gasteiger partial charge on any atom is -0.385 e. The third-order valence-corrected chi connectivity index (χ3v) is 5.70. The molecule has 0 saturated heterocycles. The summed E-state index contributed by atoms with van der Waals surface area (Å²) in [4.78, 5) is 0. The van der Waals surface area contributed by atoms with Crippen LogP contribution >= 0.6 is 0 Å². The number of hydrogen-bond acceptors (Lipinski definition) is 1. The Morgan fingerprint density at radius 3 is 1.55 bits per heavy atom. The number of nitrogens with one attached hydrogen (secondary N) is 1. The minimum atomic E-state index is -4.33. The van der Waals surface area contributed by atoms with Gasteiger partial charge in [0.15, 0.2) is 0 Å². The van der Waals surface area contributed by atoms with Gasteiger partial charge in [0, 0.05) is 17.2 Å². The summed E-state index contributed by atoms with van der Waals surface area (Å²) in [5.41, 5.74) is 0.442. The molecule has 0 aliphatic carbocycles. The normalized spacial score (nSPS) is 11.2. The Bertz CT molecular complexity index is 919. The average Bonchev–Trinajstić information content (AvgIpc) is 2.86. The van der Waals surface area contributed by atoms with Crippen molar-refractivity contribution < 1.29 is 26.3 Å². The van der Waals surface area contributed by atoms with Gasteiger partial charge < -0.3 is 5.32 Å². The first-order valence-electron chi connectivity index (χ1n) is 12.4. The second-order valence-electron chi connectivity index (χ2n) is 8.96. The molecule has 0 aromatic heterocycles. The molecule has 214 valence electrons. The van der Waals surface area contributed by atoms with Gasteiger partial charge in [-0.3, -0.25) is 0 Å². The van der Waals surface area contributed by atoms with Crippen molar-refractivity contribution in [2.24, 2.45) is 0 Å². The van der Waals surface area contributed by atoms with Crippen LogP contribution in [0.5, 0.6) is 0 Å². The van der Waals surface area contributed by atoms with E-state index in [9.17, 15) is 26.3 Å². The Kier molecular flexibility index (Phi) is 17.2. The lowest BCUT2D eigenvalue weighted by Crippen LogP contribution is -2.36. The van der Waals surface area contributed by atoms with E-state index in [2.05, 4.69) is 52.1 Å². The summed E-state index contributed by atoms with van der Waals surface area (Å²) in [6, 6.07) is 10.9. The number of benzene rings is 2. The van der Waals surface area contributed by atoms with Crippen LogP contribution in [0.15, 0.2) is 87.1 Å². The van der Waals surface area contributed by atoms with E-state index in [1.807, 2.05) is 13.8 Å². The van der Waals surface area contributed by atoms with E-state index >= 15 is 0 Å². The summed E-state index contributed by atoms with van der Waals surface area (Å²) in [5.74, 6) is 0. The van der Waals surface area contributed by atoms with Gasteiger partial charge in [-0.1, -0.05) is 83.0 Å². The lowest BCUT2D eigenvalue weighted by Gasteiger charge is -2.32. The predicted molar refractivity (Wildman–Crippen MR) is 149 cm³/mol. The largest absolute Gasteiger partial charge is 0.416 e. The zero-order valence-electron chi connectivity index (χ0n) is 23.3. The fourth-order valence-electron chi connectivity index (χ4n) is 3.41. The van der Waals surface area contributed by atoms with E-state index in [0.717, 1.165) is 55.1 Å². The van der Waals surface area contributed by atoms with Gasteiger partial charge in [0.05, 0.1) is 11.1 Å². The highest BCUT2D eigenvalue weighted by Crippen LogP contribution is 2.35. The van der Waals surface area contributed by atoms with Crippen LogP contribution < -0.4 is 5.32 Å². The number of rotatable bonds is 8. The van der Waals surface area contributed by atoms with E-state index in [-0.39, 0.29) is 0 Å². The second-order valence-corrected chi connectivity index (χ2v) is 8.96. The third kappa shape index (κ3) is 13.0. The summed E-state index contributed by atoms with van der Waals surface area (Å²) in [6.45, 7) is 25.9. The van der Waals surface area contributed by atoms with Crippen LogP contribution in [0.1, 0.15) is 75.6 Å². The van der Waals surface area contributed by atoms with Crippen molar-refractivity contribution in [2.45, 2.75) is 84.1 Å². The molecule has 0 amide bonds. The predicted octanol–water partition coefficient (Wildman–Crippen LogP) is 10.7. The number of aryl methyl sites for hydroxylation is 1. The quantitative estimate of drug-likeness (QED) is 0.258. The maximum Gasteiger partial charge on any atom is 0.416 e. The number of allylic oxidation sites excluding steroid dienone is 1. The van der Waals surface area contributed by atoms with Crippen LogP contribution in [0, 0.1) is 6.92 Å². The monoisotopic (exact) mass is 543 g/mol. The van der Waals surface area contributed by atoms with Gasteiger partial charge in [0.25, 0.3) is 0 Å². The molecule has 0 unspecified atom stereocenters. The Hall–Kier alpha value is -2.96. The molecule has 0 saturated carbocycles. The molecule has 2 aromatic carbocycles. The summed E-state index contributed by atoms with van der Waals surface area (Å²) in [7, 11) is 0. The summed E-state index contributed by atoms with van der Waals surface area (Å²) in [5, 5.41) is 3.44. The molecule has 0 bridgehead atoms. The van der Waals surface area contributed by atoms with Gasteiger partial charge in [-0.25, -0.2) is 0 Å². The molecule has 1 N–H and O–H groups in total. The van der Waals surface area contributed by atoms with Crippen molar-refractivity contribution in [3.05, 3.63) is 109 Å². The van der Waals surface area contributed by atoms with E-state index in [4.69, 9.17) is 0 Å². The van der Waals surface area contributed by atoms with Gasteiger partial charge in [-0.2, -0.15) is 26.3 Å². The molecular weight excluding hydrogens is 500 g/mol. The van der Waals surface area contributed by atoms with Crippen molar-refractivity contribution in [2.75, 3.05) is 0 Å². The molecule has 38 heavy (non-hydrogen) atoms. The highest BCUT2D eigenvalue weighted by Gasteiger charge is 2.33. The third-order valence-electron chi connectivity index (χ3n) is 5.70. The van der Waals surface area contributed by atoms with Crippen molar-refractivity contribution in [1.82, 2.24) is 5.32 Å². The molecule has 0 heterocycles. The van der Waals surface area contributed by atoms with E-state index in [1.165, 1.54) is 24.3 Å². The van der Waals surface area contributed by atoms with Gasteiger partial charge in [-0.15, -0.1) is 26.3 Å². The van der Waals surface area contributed by atoms with E-state index in [0.29, 0.717) is 11.6 Å². The SMILES string of the molecule is C=C.C=C.C=C(NC(CCC)CCC)C(C)(C)c1cccc(C(F)(F)F)c1.Cc1ccc(C(F)(F)F)cc1. The average molecular weight is 544 g/mol. The second kappa shape index (κ2) is 17.5. The summed E-state index contributed by atoms with van der Waals surface area (Å²) >= 11 is 0. The number of halogens is 6. The van der Waals surface area contributed by atoms with Crippen LogP contribution in [0.4, 0.5) is 26.3 Å². The Morgan fingerprint density at radius 2 is 1.16 bits per heavy atom. The Labute approximate surface area is 225 Å². The standard InChI is InChI=1S/C19H28F3N.C8H7F3.2C2H4/c1-6-9-17(10-7-2)23-14(3)18(4,5)15-11-8-12-16(13-15)19(20,21)22;1-6-2-4-7(5-3-6)8(9,10)11;2*1-2/h8,11-13,17,23H,3,6-7,9-10H2,1-2,4-5H3;2-5H,1H3;2*1-2H2. The number of hydrogen-bond donors (Lipinski definition) is 1. The molecule has 2 rings (SSSR count). The van der Waals surface area contributed by atoms with Crippen LogP contribution in [0.25, 0.3) is 0 Å². The molecule has 2 aromatic rings. The molecule has 7 heteroatoms. The van der Waals surface area contributed by atoms with Gasteiger partial charge in [0.1, 0.15) is 0 Å². The van der Waals surface area contributed by atoms with E-state index < -0.39 is 28.9 Å². The van der Waals surface area contributed by atoms with Crippen molar-refractivity contribution >= 4 is 0 Å². The molecule has 0 spiro atoms. The first-order chi connectivity index (χ1) is 17.6. The van der Waals surface area contributed by atoms with E-state index in [1.54, 1.807) is 13.0 Å². The van der Waals surface area contributed by atoms with Crippen LogP contribution in [0.2, 0.25) is 0 Å². The Morgan fingerprint density at radius 1 is 0.737 bits per heavy atom. The maximum absolute atomic E-state index is 12.9. The molecule has 0 radical (unpaired) electrons. The van der Waals surface area contributed by atoms with Gasteiger partial charge in [0.2, 0.25) is 0 Å². The molecule has 1 nitrogen and oxygen atoms in total. The maximum atomic E-state index is 12.9. The molecular formula is C31H43F6N. The smallest absolute Gasteiger partial charge is 0.385 e. The fourth-order valence-corrected chi connectivity index (χ4v) is 3.41. The minimum absolute atomic E-state index is 0.322. The summed E-state index contributed by atoms with van der Waals surface area (Å²) in [6.07, 6.45) is -4.34. The topological polar surface area (TPSA) is 12.0 Å². The highest BCUT2D eigenvalue weighted by molar-refractivity contribution is 5.36. The molecule has 0 fully saturated rings. The van der Waals surface area contributed by atoms with Gasteiger partial charge in [-0.05, 0) is 43.5 Å². The van der Waals surface area contributed by atoms with Crippen molar-refractivity contribution in [3.63, 3.8) is 0 Å². The van der Waals surface area contributed by atoms with Crippen LogP contribution in [-0.4, -0.2) is 6.04 Å².